The van der Waals surface area contributed by atoms with Gasteiger partial charge in [0.05, 0.1) is 17.1 Å². The Morgan fingerprint density at radius 1 is 1.20 bits per heavy atom. The van der Waals surface area contributed by atoms with Crippen LogP contribution in [-0.4, -0.2) is 36.9 Å². The Labute approximate surface area is 147 Å². The van der Waals surface area contributed by atoms with Gasteiger partial charge in [-0.05, 0) is 44.5 Å². The standard InChI is InChI=1S/C20H21N3O2/c1-22-12-10-14(11-13-22)20(25)23-17-8-4-2-6-15(17)19(24)21-16-7-3-5-9-18(16)23/h3-5,7-10H,2,6,11-13H2,1H3,(H,21,24). The van der Waals surface area contributed by atoms with Crippen LogP contribution in [0.2, 0.25) is 0 Å². The SMILES string of the molecule is CN1CC=C(C(=O)N2C3=C(CCC=C3)C(=O)Nc3ccccc32)CC1. The molecule has 0 saturated carbocycles. The van der Waals surface area contributed by atoms with E-state index < -0.39 is 0 Å². The van der Waals surface area contributed by atoms with Crippen molar-refractivity contribution in [3.05, 3.63) is 59.3 Å². The lowest BCUT2D eigenvalue weighted by Crippen LogP contribution is -2.35. The molecule has 5 heteroatoms. The molecule has 0 atom stereocenters. The zero-order valence-electron chi connectivity index (χ0n) is 14.3. The quantitative estimate of drug-likeness (QED) is 0.859. The Bertz CT molecular complexity index is 835. The van der Waals surface area contributed by atoms with E-state index in [0.717, 1.165) is 37.2 Å². The predicted molar refractivity (Wildman–Crippen MR) is 98.2 cm³/mol. The van der Waals surface area contributed by atoms with Gasteiger partial charge in [-0.15, -0.1) is 0 Å². The maximum Gasteiger partial charge on any atom is 0.258 e. The molecule has 1 aromatic carbocycles. The Balaban J connectivity index is 1.84. The Hall–Kier alpha value is -2.66. The molecule has 0 unspecified atom stereocenters. The molecule has 0 fully saturated rings. The van der Waals surface area contributed by atoms with Crippen LogP contribution in [0.5, 0.6) is 0 Å². The van der Waals surface area contributed by atoms with Crippen LogP contribution in [0.3, 0.4) is 0 Å². The monoisotopic (exact) mass is 335 g/mol. The number of allylic oxidation sites excluding steroid dienone is 2. The molecular formula is C20H21N3O2. The summed E-state index contributed by atoms with van der Waals surface area (Å²) in [5, 5.41) is 2.96. The molecule has 3 aliphatic rings. The second kappa shape index (κ2) is 6.33. The molecule has 0 radical (unpaired) electrons. The van der Waals surface area contributed by atoms with Gasteiger partial charge in [0.2, 0.25) is 0 Å². The first-order valence-electron chi connectivity index (χ1n) is 8.67. The van der Waals surface area contributed by atoms with E-state index in [0.29, 0.717) is 23.4 Å². The molecule has 0 spiro atoms. The summed E-state index contributed by atoms with van der Waals surface area (Å²) in [6.07, 6.45) is 8.13. The second-order valence-corrected chi connectivity index (χ2v) is 6.66. The third kappa shape index (κ3) is 2.81. The molecule has 2 amide bonds. The number of hydrogen-bond acceptors (Lipinski definition) is 3. The first-order chi connectivity index (χ1) is 12.1. The Morgan fingerprint density at radius 2 is 2.04 bits per heavy atom. The minimum absolute atomic E-state index is 0.0314. The number of carbonyl (C=O) groups excluding carboxylic acids is 2. The van der Waals surface area contributed by atoms with Crippen molar-refractivity contribution >= 4 is 23.2 Å². The van der Waals surface area contributed by atoms with E-state index in [1.54, 1.807) is 4.90 Å². The van der Waals surface area contributed by atoms with Crippen molar-refractivity contribution in [1.29, 1.82) is 0 Å². The highest BCUT2D eigenvalue weighted by Crippen LogP contribution is 2.37. The number of likely N-dealkylation sites (N-methyl/N-ethyl adjacent to an activating group) is 1. The number of rotatable bonds is 1. The second-order valence-electron chi connectivity index (χ2n) is 6.66. The summed E-state index contributed by atoms with van der Waals surface area (Å²) in [6.45, 7) is 1.64. The molecule has 1 aromatic rings. The Morgan fingerprint density at radius 3 is 2.84 bits per heavy atom. The van der Waals surface area contributed by atoms with E-state index in [1.807, 2.05) is 49.5 Å². The third-order valence-electron chi connectivity index (χ3n) is 4.94. The van der Waals surface area contributed by atoms with Gasteiger partial charge in [-0.2, -0.15) is 0 Å². The zero-order chi connectivity index (χ0) is 17.4. The van der Waals surface area contributed by atoms with E-state index in [4.69, 9.17) is 0 Å². The lowest BCUT2D eigenvalue weighted by molar-refractivity contribution is -0.115. The van der Waals surface area contributed by atoms with Gasteiger partial charge in [0.25, 0.3) is 11.8 Å². The summed E-state index contributed by atoms with van der Waals surface area (Å²) in [4.78, 5) is 29.9. The van der Waals surface area contributed by atoms with E-state index in [2.05, 4.69) is 10.2 Å². The van der Waals surface area contributed by atoms with Gasteiger partial charge in [0, 0.05) is 24.2 Å². The number of hydrogen-bond donors (Lipinski definition) is 1. The molecule has 5 nitrogen and oxygen atoms in total. The van der Waals surface area contributed by atoms with Crippen molar-refractivity contribution in [1.82, 2.24) is 4.90 Å². The van der Waals surface area contributed by atoms with Gasteiger partial charge in [0.1, 0.15) is 0 Å². The average molecular weight is 335 g/mol. The molecule has 128 valence electrons. The lowest BCUT2D eigenvalue weighted by atomic mass is 9.99. The van der Waals surface area contributed by atoms with Crippen LogP contribution < -0.4 is 10.2 Å². The predicted octanol–water partition coefficient (Wildman–Crippen LogP) is 2.84. The summed E-state index contributed by atoms with van der Waals surface area (Å²) in [5.74, 6) is -0.143. The van der Waals surface area contributed by atoms with Gasteiger partial charge in [-0.1, -0.05) is 24.3 Å². The van der Waals surface area contributed by atoms with E-state index in [-0.39, 0.29) is 11.8 Å². The minimum Gasteiger partial charge on any atom is -0.320 e. The van der Waals surface area contributed by atoms with Crippen molar-refractivity contribution in [2.75, 3.05) is 30.4 Å². The topological polar surface area (TPSA) is 52.7 Å². The number of carbonyl (C=O) groups is 2. The molecule has 1 N–H and O–H groups in total. The third-order valence-corrected chi connectivity index (χ3v) is 4.94. The Kier molecular flexibility index (Phi) is 4.01. The van der Waals surface area contributed by atoms with Crippen molar-refractivity contribution in [2.24, 2.45) is 0 Å². The van der Waals surface area contributed by atoms with E-state index in [9.17, 15) is 9.59 Å². The van der Waals surface area contributed by atoms with Crippen LogP contribution in [0.1, 0.15) is 19.3 Å². The van der Waals surface area contributed by atoms with Crippen LogP contribution in [0.4, 0.5) is 11.4 Å². The van der Waals surface area contributed by atoms with Crippen LogP contribution in [-0.2, 0) is 9.59 Å². The van der Waals surface area contributed by atoms with Gasteiger partial charge in [-0.25, -0.2) is 0 Å². The summed E-state index contributed by atoms with van der Waals surface area (Å²) in [5.41, 5.74) is 3.61. The van der Waals surface area contributed by atoms with Gasteiger partial charge >= 0.3 is 0 Å². The minimum atomic E-state index is -0.112. The molecule has 2 heterocycles. The number of anilines is 2. The van der Waals surface area contributed by atoms with E-state index in [1.165, 1.54) is 0 Å². The maximum absolute atomic E-state index is 13.4. The number of amides is 2. The summed E-state index contributed by atoms with van der Waals surface area (Å²) < 4.78 is 0. The fraction of sp³-hybridized carbons (Fsp3) is 0.300. The largest absolute Gasteiger partial charge is 0.320 e. The van der Waals surface area contributed by atoms with Crippen LogP contribution >= 0.6 is 0 Å². The molecule has 2 aliphatic heterocycles. The van der Waals surface area contributed by atoms with Crippen LogP contribution in [0.15, 0.2) is 59.3 Å². The maximum atomic E-state index is 13.4. The molecular weight excluding hydrogens is 314 g/mol. The number of para-hydroxylation sites is 2. The van der Waals surface area contributed by atoms with Crippen molar-refractivity contribution < 1.29 is 9.59 Å². The highest BCUT2D eigenvalue weighted by atomic mass is 16.2. The highest BCUT2D eigenvalue weighted by molar-refractivity contribution is 6.16. The normalized spacial score (nSPS) is 20.4. The van der Waals surface area contributed by atoms with Gasteiger partial charge < -0.3 is 10.2 Å². The molecule has 25 heavy (non-hydrogen) atoms. The first kappa shape index (κ1) is 15.8. The molecule has 4 rings (SSSR count). The van der Waals surface area contributed by atoms with Gasteiger partial charge in [-0.3, -0.25) is 14.5 Å². The summed E-state index contributed by atoms with van der Waals surface area (Å²) in [6, 6.07) is 7.50. The van der Waals surface area contributed by atoms with Crippen molar-refractivity contribution in [3.63, 3.8) is 0 Å². The fourth-order valence-electron chi connectivity index (χ4n) is 3.52. The number of nitrogens with one attached hydrogen (secondary N) is 1. The number of benzene rings is 1. The molecule has 0 aromatic heterocycles. The number of nitrogens with zero attached hydrogens (tertiary/aromatic N) is 2. The van der Waals surface area contributed by atoms with Crippen LogP contribution in [0.25, 0.3) is 0 Å². The highest BCUT2D eigenvalue weighted by Gasteiger charge is 2.32. The smallest absolute Gasteiger partial charge is 0.258 e. The fourth-order valence-corrected chi connectivity index (χ4v) is 3.52. The average Bonchev–Trinajstić information content (AvgIpc) is 2.76. The summed E-state index contributed by atoms with van der Waals surface area (Å²) >= 11 is 0. The summed E-state index contributed by atoms with van der Waals surface area (Å²) in [7, 11) is 2.05. The first-order valence-corrected chi connectivity index (χ1v) is 8.67. The zero-order valence-corrected chi connectivity index (χ0v) is 14.3. The van der Waals surface area contributed by atoms with Gasteiger partial charge in [0.15, 0.2) is 0 Å². The molecule has 0 saturated heterocycles. The molecule has 1 aliphatic carbocycles. The van der Waals surface area contributed by atoms with Crippen molar-refractivity contribution in [2.45, 2.75) is 19.3 Å². The lowest BCUT2D eigenvalue weighted by Gasteiger charge is -2.29. The van der Waals surface area contributed by atoms with Crippen molar-refractivity contribution in [3.8, 4) is 0 Å². The number of fused-ring (bicyclic) bond motifs is 1. The van der Waals surface area contributed by atoms with E-state index >= 15 is 0 Å². The molecule has 0 bridgehead atoms. The van der Waals surface area contributed by atoms with Crippen LogP contribution in [0, 0.1) is 0 Å².